The van der Waals surface area contributed by atoms with Crippen molar-refractivity contribution in [3.63, 3.8) is 0 Å². The summed E-state index contributed by atoms with van der Waals surface area (Å²) in [6.07, 6.45) is 6.26. The zero-order chi connectivity index (χ0) is 17.1. The lowest BCUT2D eigenvalue weighted by Gasteiger charge is -2.22. The number of nitrogens with zero attached hydrogens (tertiary/aromatic N) is 4. The van der Waals surface area contributed by atoms with Crippen LogP contribution in [-0.4, -0.2) is 47.1 Å². The van der Waals surface area contributed by atoms with Gasteiger partial charge in [0.2, 0.25) is 0 Å². The normalized spacial score (nSPS) is 18.5. The van der Waals surface area contributed by atoms with Gasteiger partial charge in [-0.05, 0) is 57.0 Å². The fraction of sp³-hybridized carbons (Fsp3) is 0.500. The van der Waals surface area contributed by atoms with Crippen molar-refractivity contribution in [3.05, 3.63) is 36.2 Å². The van der Waals surface area contributed by atoms with Gasteiger partial charge in [-0.15, -0.1) is 5.10 Å². The molecular weight excluding hydrogens is 316 g/mol. The van der Waals surface area contributed by atoms with E-state index in [9.17, 15) is 4.79 Å². The Balaban J connectivity index is 1.43. The highest BCUT2D eigenvalue weighted by atomic mass is 16.2. The first-order chi connectivity index (χ1) is 12.3. The van der Waals surface area contributed by atoms with Gasteiger partial charge in [-0.25, -0.2) is 4.68 Å². The van der Waals surface area contributed by atoms with Gasteiger partial charge in [-0.3, -0.25) is 4.79 Å². The van der Waals surface area contributed by atoms with Crippen LogP contribution in [0.25, 0.3) is 0 Å². The summed E-state index contributed by atoms with van der Waals surface area (Å²) in [6.45, 7) is 4.13. The first-order valence-electron chi connectivity index (χ1n) is 9.08. The van der Waals surface area contributed by atoms with Gasteiger partial charge in [0.1, 0.15) is 0 Å². The van der Waals surface area contributed by atoms with Crippen LogP contribution in [0.4, 0.5) is 11.4 Å². The molecule has 4 rings (SSSR count). The average molecular weight is 340 g/mol. The number of carbonyl (C=O) groups is 1. The number of hydrogen-bond donors (Lipinski definition) is 2. The Hall–Kier alpha value is -2.41. The molecule has 3 heterocycles. The molecule has 132 valence electrons. The minimum atomic E-state index is -0.209. The molecular formula is C18H24N6O. The molecule has 0 saturated carbocycles. The Kier molecular flexibility index (Phi) is 4.65. The van der Waals surface area contributed by atoms with Crippen LogP contribution in [0.3, 0.4) is 0 Å². The maximum Gasteiger partial charge on any atom is 0.277 e. The molecule has 0 unspecified atom stereocenters. The Morgan fingerprint density at radius 2 is 2.00 bits per heavy atom. The van der Waals surface area contributed by atoms with Crippen molar-refractivity contribution in [1.82, 2.24) is 20.3 Å². The Morgan fingerprint density at radius 1 is 1.20 bits per heavy atom. The van der Waals surface area contributed by atoms with E-state index in [4.69, 9.17) is 0 Å². The second-order valence-electron chi connectivity index (χ2n) is 6.76. The Morgan fingerprint density at radius 3 is 2.80 bits per heavy atom. The molecule has 0 radical (unpaired) electrons. The second-order valence-corrected chi connectivity index (χ2v) is 6.76. The van der Waals surface area contributed by atoms with E-state index in [1.807, 2.05) is 22.9 Å². The number of piperidine rings is 1. The number of nitrogens with one attached hydrogen (secondary N) is 2. The molecule has 2 N–H and O–H groups in total. The number of rotatable bonds is 4. The minimum absolute atomic E-state index is 0.209. The molecule has 0 aliphatic carbocycles. The van der Waals surface area contributed by atoms with Gasteiger partial charge < -0.3 is 15.5 Å². The zero-order valence-corrected chi connectivity index (χ0v) is 14.3. The van der Waals surface area contributed by atoms with E-state index >= 15 is 0 Å². The van der Waals surface area contributed by atoms with E-state index in [0.29, 0.717) is 11.7 Å². The number of aromatic nitrogens is 3. The van der Waals surface area contributed by atoms with Gasteiger partial charge >= 0.3 is 0 Å². The summed E-state index contributed by atoms with van der Waals surface area (Å²) in [5.41, 5.74) is 2.32. The zero-order valence-electron chi connectivity index (χ0n) is 14.3. The van der Waals surface area contributed by atoms with Crippen LogP contribution in [0.1, 0.15) is 42.2 Å². The summed E-state index contributed by atoms with van der Waals surface area (Å²) >= 11 is 0. The van der Waals surface area contributed by atoms with E-state index in [2.05, 4.69) is 31.9 Å². The van der Waals surface area contributed by atoms with Crippen LogP contribution in [0.15, 0.2) is 30.5 Å². The third-order valence-electron chi connectivity index (χ3n) is 5.00. The molecule has 2 fully saturated rings. The van der Waals surface area contributed by atoms with Gasteiger partial charge in [0.25, 0.3) is 5.91 Å². The highest BCUT2D eigenvalue weighted by molar-refractivity contribution is 6.02. The topological polar surface area (TPSA) is 75.1 Å². The largest absolute Gasteiger partial charge is 0.371 e. The van der Waals surface area contributed by atoms with Crippen LogP contribution in [0.2, 0.25) is 0 Å². The highest BCUT2D eigenvalue weighted by Gasteiger charge is 2.19. The summed E-state index contributed by atoms with van der Waals surface area (Å²) in [5, 5.41) is 14.5. The molecule has 2 aromatic rings. The smallest absolute Gasteiger partial charge is 0.277 e. The maximum atomic E-state index is 12.5. The first-order valence-corrected chi connectivity index (χ1v) is 9.08. The lowest BCUT2D eigenvalue weighted by molar-refractivity contribution is 0.102. The lowest BCUT2D eigenvalue weighted by atomic mass is 10.1. The van der Waals surface area contributed by atoms with E-state index in [1.54, 1.807) is 6.20 Å². The molecule has 1 aromatic carbocycles. The number of amides is 1. The van der Waals surface area contributed by atoms with Crippen molar-refractivity contribution in [1.29, 1.82) is 0 Å². The molecule has 1 amide bonds. The summed E-state index contributed by atoms with van der Waals surface area (Å²) in [4.78, 5) is 14.8. The highest BCUT2D eigenvalue weighted by Crippen LogP contribution is 2.23. The van der Waals surface area contributed by atoms with Crippen molar-refractivity contribution in [3.8, 4) is 0 Å². The summed E-state index contributed by atoms with van der Waals surface area (Å²) < 4.78 is 1.83. The van der Waals surface area contributed by atoms with Crippen molar-refractivity contribution < 1.29 is 4.79 Å². The second kappa shape index (κ2) is 7.23. The van der Waals surface area contributed by atoms with Crippen molar-refractivity contribution >= 4 is 17.3 Å². The lowest BCUT2D eigenvalue weighted by Crippen LogP contribution is -2.29. The van der Waals surface area contributed by atoms with E-state index in [-0.39, 0.29) is 5.91 Å². The predicted octanol–water partition coefficient (Wildman–Crippen LogP) is 2.06. The number of carbonyl (C=O) groups excluding carboxylic acids is 1. The molecule has 0 bridgehead atoms. The van der Waals surface area contributed by atoms with Gasteiger partial charge in [0.05, 0.1) is 12.2 Å². The van der Waals surface area contributed by atoms with Gasteiger partial charge in [-0.2, -0.15) is 0 Å². The van der Waals surface area contributed by atoms with Crippen LogP contribution < -0.4 is 15.5 Å². The van der Waals surface area contributed by atoms with Gasteiger partial charge in [0.15, 0.2) is 5.69 Å². The summed E-state index contributed by atoms with van der Waals surface area (Å²) in [7, 11) is 0. The fourth-order valence-corrected chi connectivity index (χ4v) is 3.58. The minimum Gasteiger partial charge on any atom is -0.371 e. The van der Waals surface area contributed by atoms with E-state index in [0.717, 1.165) is 50.4 Å². The molecule has 2 aliphatic rings. The van der Waals surface area contributed by atoms with Crippen molar-refractivity contribution in [2.45, 2.75) is 31.7 Å². The maximum absolute atomic E-state index is 12.5. The summed E-state index contributed by atoms with van der Waals surface area (Å²) in [5.74, 6) is -0.209. The first kappa shape index (κ1) is 16.1. The van der Waals surface area contributed by atoms with Crippen molar-refractivity contribution in [2.75, 3.05) is 36.4 Å². The van der Waals surface area contributed by atoms with Crippen LogP contribution in [-0.2, 0) is 0 Å². The number of benzene rings is 1. The molecule has 1 aromatic heterocycles. The van der Waals surface area contributed by atoms with Crippen LogP contribution >= 0.6 is 0 Å². The van der Waals surface area contributed by atoms with E-state index in [1.165, 1.54) is 12.8 Å². The van der Waals surface area contributed by atoms with Crippen LogP contribution in [0, 0.1) is 0 Å². The third-order valence-corrected chi connectivity index (χ3v) is 5.00. The molecule has 25 heavy (non-hydrogen) atoms. The molecule has 2 saturated heterocycles. The molecule has 0 spiro atoms. The molecule has 7 nitrogen and oxygen atoms in total. The molecule has 2 aliphatic heterocycles. The SMILES string of the molecule is O=C(Nc1cccc(N2CCCC2)c1)c1cn(C2CCNCC2)nn1. The molecule has 7 heteroatoms. The number of anilines is 2. The monoisotopic (exact) mass is 340 g/mol. The van der Waals surface area contributed by atoms with Gasteiger partial charge in [0, 0.05) is 24.5 Å². The number of hydrogen-bond acceptors (Lipinski definition) is 5. The standard InChI is InChI=1S/C18H24N6O/c25-18(17-13-24(22-21-17)15-6-8-19-9-7-15)20-14-4-3-5-16(12-14)23-10-1-2-11-23/h3-5,12-13,15,19H,1-2,6-11H2,(H,20,25). The van der Waals surface area contributed by atoms with Crippen molar-refractivity contribution in [2.24, 2.45) is 0 Å². The molecule has 0 atom stereocenters. The Labute approximate surface area is 147 Å². The average Bonchev–Trinajstić information content (AvgIpc) is 3.35. The predicted molar refractivity (Wildman–Crippen MR) is 97.0 cm³/mol. The summed E-state index contributed by atoms with van der Waals surface area (Å²) in [6, 6.07) is 8.34. The Bertz CT molecular complexity index is 731. The van der Waals surface area contributed by atoms with E-state index < -0.39 is 0 Å². The van der Waals surface area contributed by atoms with Crippen LogP contribution in [0.5, 0.6) is 0 Å². The quantitative estimate of drug-likeness (QED) is 0.891. The van der Waals surface area contributed by atoms with Gasteiger partial charge in [-0.1, -0.05) is 11.3 Å². The third kappa shape index (κ3) is 3.66. The fourth-order valence-electron chi connectivity index (χ4n) is 3.58.